The van der Waals surface area contributed by atoms with E-state index in [0.29, 0.717) is 12.8 Å². The molecule has 0 aliphatic rings. The molecule has 0 saturated heterocycles. The Hall–Kier alpha value is -1.47. The number of hydrogen-bond donors (Lipinski definition) is 2. The van der Waals surface area contributed by atoms with Gasteiger partial charge in [0.1, 0.15) is 6.61 Å². The molecule has 0 saturated carbocycles. The van der Waals surface area contributed by atoms with Crippen LogP contribution in [0.2, 0.25) is 0 Å². The van der Waals surface area contributed by atoms with Crippen molar-refractivity contribution in [2.75, 3.05) is 13.2 Å². The standard InChI is InChI=1S/C34H63O8P/c1-3-5-7-9-11-13-15-17-19-20-22-24-26-28-33(35)40-30-32(31-41-43(37,38)39)42-34(36)29-27-25-23-21-18-16-14-12-10-8-6-4-2/h12-15,32H,3-11,16-31H2,1-2H3,(H2,37,38,39)/b14-12-,15-13-/t32-/m1/s1. The number of phosphoric acid groups is 1. The minimum Gasteiger partial charge on any atom is -0.462 e. The zero-order chi connectivity index (χ0) is 31.9. The molecule has 2 N–H and O–H groups in total. The zero-order valence-corrected chi connectivity index (χ0v) is 28.2. The molecule has 0 radical (unpaired) electrons. The van der Waals surface area contributed by atoms with Crippen LogP contribution in [0.3, 0.4) is 0 Å². The van der Waals surface area contributed by atoms with E-state index in [1.165, 1.54) is 51.4 Å². The molecule has 0 aromatic rings. The van der Waals surface area contributed by atoms with E-state index in [1.807, 2.05) is 0 Å². The van der Waals surface area contributed by atoms with Gasteiger partial charge in [0.15, 0.2) is 6.10 Å². The van der Waals surface area contributed by atoms with Gasteiger partial charge in [0, 0.05) is 12.8 Å². The molecule has 8 nitrogen and oxygen atoms in total. The van der Waals surface area contributed by atoms with E-state index in [9.17, 15) is 14.2 Å². The zero-order valence-electron chi connectivity index (χ0n) is 27.4. The van der Waals surface area contributed by atoms with Gasteiger partial charge in [0.2, 0.25) is 0 Å². The summed E-state index contributed by atoms with van der Waals surface area (Å²) in [5.74, 6) is -0.907. The highest BCUT2D eigenvalue weighted by Crippen LogP contribution is 2.35. The molecular weight excluding hydrogens is 567 g/mol. The van der Waals surface area contributed by atoms with Crippen molar-refractivity contribution >= 4 is 19.8 Å². The number of carbonyl (C=O) groups excluding carboxylic acids is 2. The third kappa shape index (κ3) is 33.3. The lowest BCUT2D eigenvalue weighted by Gasteiger charge is -2.18. The van der Waals surface area contributed by atoms with Crippen LogP contribution < -0.4 is 0 Å². The second-order valence-corrected chi connectivity index (χ2v) is 12.7. The Morgan fingerprint density at radius 1 is 0.581 bits per heavy atom. The molecule has 0 heterocycles. The summed E-state index contributed by atoms with van der Waals surface area (Å²) >= 11 is 0. The van der Waals surface area contributed by atoms with Gasteiger partial charge in [-0.2, -0.15) is 0 Å². The first-order valence-electron chi connectivity index (χ1n) is 17.1. The monoisotopic (exact) mass is 630 g/mol. The van der Waals surface area contributed by atoms with Crippen molar-refractivity contribution in [3.8, 4) is 0 Å². The Labute approximate surface area is 262 Å². The summed E-state index contributed by atoms with van der Waals surface area (Å²) < 4.78 is 26.2. The molecule has 0 aliphatic heterocycles. The number of phosphoric ester groups is 1. The Bertz CT molecular complexity index is 761. The van der Waals surface area contributed by atoms with Crippen LogP contribution in [-0.2, 0) is 28.2 Å². The lowest BCUT2D eigenvalue weighted by Crippen LogP contribution is -2.29. The van der Waals surface area contributed by atoms with Crippen molar-refractivity contribution in [3.63, 3.8) is 0 Å². The third-order valence-electron chi connectivity index (χ3n) is 7.19. The number of rotatable bonds is 31. The highest BCUT2D eigenvalue weighted by Gasteiger charge is 2.22. The van der Waals surface area contributed by atoms with Crippen molar-refractivity contribution in [2.45, 2.75) is 168 Å². The third-order valence-corrected chi connectivity index (χ3v) is 7.68. The van der Waals surface area contributed by atoms with Crippen LogP contribution in [0, 0.1) is 0 Å². The maximum Gasteiger partial charge on any atom is 0.469 e. The Morgan fingerprint density at radius 3 is 1.47 bits per heavy atom. The smallest absolute Gasteiger partial charge is 0.462 e. The van der Waals surface area contributed by atoms with Crippen LogP contribution in [0.1, 0.15) is 162 Å². The molecule has 0 amide bonds. The maximum absolute atomic E-state index is 12.3. The van der Waals surface area contributed by atoms with E-state index in [4.69, 9.17) is 19.3 Å². The van der Waals surface area contributed by atoms with Crippen molar-refractivity contribution in [1.29, 1.82) is 0 Å². The number of hydrogen-bond acceptors (Lipinski definition) is 6. The fourth-order valence-corrected chi connectivity index (χ4v) is 4.96. The normalized spacial score (nSPS) is 12.7. The Morgan fingerprint density at radius 2 is 0.977 bits per heavy atom. The van der Waals surface area contributed by atoms with E-state index in [2.05, 4.69) is 42.7 Å². The second-order valence-electron chi connectivity index (χ2n) is 11.5. The van der Waals surface area contributed by atoms with Gasteiger partial charge in [0.25, 0.3) is 0 Å². The van der Waals surface area contributed by atoms with Crippen LogP contribution in [-0.4, -0.2) is 41.0 Å². The molecule has 0 aromatic carbocycles. The average Bonchev–Trinajstić information content (AvgIpc) is 2.97. The van der Waals surface area contributed by atoms with Gasteiger partial charge < -0.3 is 19.3 Å². The Kier molecular flexibility index (Phi) is 29.5. The lowest BCUT2D eigenvalue weighted by molar-refractivity contribution is -0.161. The van der Waals surface area contributed by atoms with Gasteiger partial charge in [-0.25, -0.2) is 4.57 Å². The minimum absolute atomic E-state index is 0.201. The highest BCUT2D eigenvalue weighted by molar-refractivity contribution is 7.46. The summed E-state index contributed by atoms with van der Waals surface area (Å²) in [6.45, 7) is 3.60. The lowest BCUT2D eigenvalue weighted by atomic mass is 10.1. The first-order valence-corrected chi connectivity index (χ1v) is 18.7. The van der Waals surface area contributed by atoms with Gasteiger partial charge >= 0.3 is 19.8 Å². The predicted molar refractivity (Wildman–Crippen MR) is 175 cm³/mol. The first-order chi connectivity index (χ1) is 20.8. The van der Waals surface area contributed by atoms with Crippen molar-refractivity contribution in [3.05, 3.63) is 24.3 Å². The number of allylic oxidation sites excluding steroid dienone is 4. The number of carbonyl (C=O) groups is 2. The van der Waals surface area contributed by atoms with Crippen LogP contribution in [0.4, 0.5) is 0 Å². The highest BCUT2D eigenvalue weighted by atomic mass is 31.2. The summed E-state index contributed by atoms with van der Waals surface area (Å²) in [5.41, 5.74) is 0. The average molecular weight is 631 g/mol. The van der Waals surface area contributed by atoms with Gasteiger partial charge in [-0.05, 0) is 64.2 Å². The quantitative estimate of drug-likeness (QED) is 0.0336. The second kappa shape index (κ2) is 30.6. The number of ether oxygens (including phenoxy) is 2. The van der Waals surface area contributed by atoms with E-state index in [-0.39, 0.29) is 19.4 Å². The van der Waals surface area contributed by atoms with E-state index >= 15 is 0 Å². The van der Waals surface area contributed by atoms with Crippen molar-refractivity contribution in [1.82, 2.24) is 0 Å². The number of esters is 2. The molecule has 1 atom stereocenters. The molecular formula is C34H63O8P. The molecule has 43 heavy (non-hydrogen) atoms. The van der Waals surface area contributed by atoms with Crippen LogP contribution >= 0.6 is 7.82 Å². The van der Waals surface area contributed by atoms with E-state index < -0.39 is 32.5 Å². The molecule has 252 valence electrons. The van der Waals surface area contributed by atoms with Crippen LogP contribution in [0.25, 0.3) is 0 Å². The summed E-state index contributed by atoms with van der Waals surface area (Å²) in [6, 6.07) is 0. The molecule has 0 rings (SSSR count). The maximum atomic E-state index is 12.3. The molecule has 9 heteroatoms. The summed E-state index contributed by atoms with van der Waals surface area (Å²) in [4.78, 5) is 42.5. The molecule has 0 unspecified atom stereocenters. The summed E-state index contributed by atoms with van der Waals surface area (Å²) in [5, 5.41) is 0. The first kappa shape index (κ1) is 41.5. The largest absolute Gasteiger partial charge is 0.469 e. The van der Waals surface area contributed by atoms with Crippen LogP contribution in [0.15, 0.2) is 24.3 Å². The SMILES string of the molecule is CCCCC/C=C\CCCCCCCC(=O)O[C@H](COC(=O)CCCCCCC/C=C\CCCCCC)COP(=O)(O)O. The predicted octanol–water partition coefficient (Wildman–Crippen LogP) is 9.68. The molecule has 0 fully saturated rings. The minimum atomic E-state index is -4.74. The van der Waals surface area contributed by atoms with Crippen molar-refractivity contribution < 1.29 is 37.9 Å². The molecule has 0 aromatic heterocycles. The van der Waals surface area contributed by atoms with Gasteiger partial charge in [-0.1, -0.05) is 109 Å². The summed E-state index contributed by atoms with van der Waals surface area (Å²) in [7, 11) is -4.74. The van der Waals surface area contributed by atoms with Crippen molar-refractivity contribution in [2.24, 2.45) is 0 Å². The summed E-state index contributed by atoms with van der Waals surface area (Å²) in [6.07, 6.45) is 31.8. The Balaban J connectivity index is 4.03. The molecule has 0 aliphatic carbocycles. The molecule has 0 bridgehead atoms. The topological polar surface area (TPSA) is 119 Å². The van der Waals surface area contributed by atoms with E-state index in [1.54, 1.807) is 0 Å². The van der Waals surface area contributed by atoms with Crippen LogP contribution in [0.5, 0.6) is 0 Å². The molecule has 0 spiro atoms. The fraction of sp³-hybridized carbons (Fsp3) is 0.824. The fourth-order valence-electron chi connectivity index (χ4n) is 4.60. The van der Waals surface area contributed by atoms with Gasteiger partial charge in [-0.15, -0.1) is 0 Å². The van der Waals surface area contributed by atoms with E-state index in [0.717, 1.165) is 70.6 Å². The van der Waals surface area contributed by atoms with Gasteiger partial charge in [0.05, 0.1) is 6.61 Å². The van der Waals surface area contributed by atoms with Gasteiger partial charge in [-0.3, -0.25) is 14.1 Å². The number of unbranched alkanes of at least 4 members (excludes halogenated alkanes) is 17.